The fourth-order valence-corrected chi connectivity index (χ4v) is 2.63. The lowest BCUT2D eigenvalue weighted by atomic mass is 9.92. The minimum atomic E-state index is -2.59. The van der Waals surface area contributed by atoms with E-state index in [9.17, 15) is 13.6 Å². The molecule has 4 nitrogen and oxygen atoms in total. The largest absolute Gasteiger partial charge is 0.349 e. The quantitative estimate of drug-likeness (QED) is 0.925. The SMILES string of the molecule is O=C(NC1CCC(F)(F)CC1)c1ccnc2ccncc12. The van der Waals surface area contributed by atoms with Crippen LogP contribution in [0.2, 0.25) is 0 Å². The standard InChI is InChI=1S/C15H15F2N3O/c16-15(17)5-1-10(2-6-15)20-14(21)11-3-8-19-13-4-7-18-9-12(11)13/h3-4,7-10H,1-2,5-6H2,(H,20,21). The van der Waals surface area contributed by atoms with Gasteiger partial charge in [-0.1, -0.05) is 0 Å². The van der Waals surface area contributed by atoms with Crippen LogP contribution < -0.4 is 5.32 Å². The number of carbonyl (C=O) groups is 1. The zero-order valence-corrected chi connectivity index (χ0v) is 11.4. The zero-order chi connectivity index (χ0) is 14.9. The van der Waals surface area contributed by atoms with Crippen molar-refractivity contribution in [1.82, 2.24) is 15.3 Å². The first-order chi connectivity index (χ1) is 10.1. The van der Waals surface area contributed by atoms with Crippen LogP contribution in [0.15, 0.2) is 30.7 Å². The number of fused-ring (bicyclic) bond motifs is 1. The van der Waals surface area contributed by atoms with Gasteiger partial charge in [-0.15, -0.1) is 0 Å². The number of pyridine rings is 2. The van der Waals surface area contributed by atoms with Crippen LogP contribution in [0.25, 0.3) is 10.9 Å². The maximum atomic E-state index is 13.1. The lowest BCUT2D eigenvalue weighted by molar-refractivity contribution is -0.0399. The second-order valence-electron chi connectivity index (χ2n) is 5.36. The number of aromatic nitrogens is 2. The third kappa shape index (κ3) is 2.99. The lowest BCUT2D eigenvalue weighted by Crippen LogP contribution is -2.40. The number of hydrogen-bond acceptors (Lipinski definition) is 3. The first-order valence-electron chi connectivity index (χ1n) is 6.93. The minimum absolute atomic E-state index is 0.170. The fraction of sp³-hybridized carbons (Fsp3) is 0.400. The van der Waals surface area contributed by atoms with E-state index in [0.717, 1.165) is 0 Å². The first kappa shape index (κ1) is 13.9. The predicted octanol–water partition coefficient (Wildman–Crippen LogP) is 2.94. The van der Waals surface area contributed by atoms with Crippen molar-refractivity contribution in [2.45, 2.75) is 37.6 Å². The molecule has 1 amide bonds. The molecule has 2 aromatic rings. The normalized spacial score (nSPS) is 18.6. The Bertz CT molecular complexity index is 660. The molecular weight excluding hydrogens is 276 g/mol. The van der Waals surface area contributed by atoms with Gasteiger partial charge >= 0.3 is 0 Å². The Morgan fingerprint density at radius 2 is 2.00 bits per heavy atom. The molecule has 0 saturated heterocycles. The Labute approximate surface area is 120 Å². The smallest absolute Gasteiger partial charge is 0.252 e. The maximum Gasteiger partial charge on any atom is 0.252 e. The first-order valence-corrected chi connectivity index (χ1v) is 6.93. The molecule has 2 aromatic heterocycles. The third-order valence-electron chi connectivity index (χ3n) is 3.84. The summed E-state index contributed by atoms with van der Waals surface area (Å²) in [5.74, 6) is -2.85. The number of halogens is 2. The Morgan fingerprint density at radius 1 is 1.24 bits per heavy atom. The molecular formula is C15H15F2N3O. The number of carbonyl (C=O) groups excluding carboxylic acids is 1. The summed E-state index contributed by atoms with van der Waals surface area (Å²) in [6.45, 7) is 0. The number of rotatable bonds is 2. The van der Waals surface area contributed by atoms with Crippen molar-refractivity contribution in [1.29, 1.82) is 0 Å². The van der Waals surface area contributed by atoms with Crippen molar-refractivity contribution in [3.8, 4) is 0 Å². The van der Waals surface area contributed by atoms with E-state index in [0.29, 0.717) is 29.3 Å². The average Bonchev–Trinajstić information content (AvgIpc) is 2.49. The third-order valence-corrected chi connectivity index (χ3v) is 3.84. The molecule has 6 heteroatoms. The molecule has 21 heavy (non-hydrogen) atoms. The van der Waals surface area contributed by atoms with E-state index in [-0.39, 0.29) is 24.8 Å². The number of hydrogen-bond donors (Lipinski definition) is 1. The second-order valence-corrected chi connectivity index (χ2v) is 5.36. The highest BCUT2D eigenvalue weighted by molar-refractivity contribution is 6.05. The van der Waals surface area contributed by atoms with Crippen LogP contribution in [0.3, 0.4) is 0 Å². The van der Waals surface area contributed by atoms with E-state index in [1.54, 1.807) is 30.7 Å². The van der Waals surface area contributed by atoms with Gasteiger partial charge in [0.2, 0.25) is 5.92 Å². The molecule has 0 radical (unpaired) electrons. The number of alkyl halides is 2. The summed E-state index contributed by atoms with van der Waals surface area (Å²) < 4.78 is 26.2. The van der Waals surface area contributed by atoms with Crippen LogP contribution >= 0.6 is 0 Å². The van der Waals surface area contributed by atoms with Crippen molar-refractivity contribution in [3.63, 3.8) is 0 Å². The highest BCUT2D eigenvalue weighted by Gasteiger charge is 2.35. The molecule has 3 rings (SSSR count). The van der Waals surface area contributed by atoms with Crippen LogP contribution in [0.5, 0.6) is 0 Å². The molecule has 0 bridgehead atoms. The van der Waals surface area contributed by atoms with Crippen LogP contribution in [-0.2, 0) is 0 Å². The van der Waals surface area contributed by atoms with Gasteiger partial charge in [0, 0.05) is 42.9 Å². The zero-order valence-electron chi connectivity index (χ0n) is 11.4. The fourth-order valence-electron chi connectivity index (χ4n) is 2.63. The van der Waals surface area contributed by atoms with Gasteiger partial charge < -0.3 is 5.32 Å². The molecule has 110 valence electrons. The lowest BCUT2D eigenvalue weighted by Gasteiger charge is -2.28. The van der Waals surface area contributed by atoms with Gasteiger partial charge in [-0.2, -0.15) is 0 Å². The van der Waals surface area contributed by atoms with Crippen molar-refractivity contribution < 1.29 is 13.6 Å². The Hall–Kier alpha value is -2.11. The highest BCUT2D eigenvalue weighted by atomic mass is 19.3. The number of nitrogens with zero attached hydrogens (tertiary/aromatic N) is 2. The van der Waals surface area contributed by atoms with Crippen LogP contribution in [0, 0.1) is 0 Å². The Morgan fingerprint density at radius 3 is 2.76 bits per heavy atom. The van der Waals surface area contributed by atoms with Gasteiger partial charge in [-0.05, 0) is 25.0 Å². The Kier molecular flexibility index (Phi) is 3.53. The van der Waals surface area contributed by atoms with Crippen LogP contribution in [-0.4, -0.2) is 27.8 Å². The minimum Gasteiger partial charge on any atom is -0.349 e. The van der Waals surface area contributed by atoms with Gasteiger partial charge in [0.15, 0.2) is 0 Å². The van der Waals surface area contributed by atoms with Crippen molar-refractivity contribution in [3.05, 3.63) is 36.3 Å². The summed E-state index contributed by atoms with van der Waals surface area (Å²) in [7, 11) is 0. The molecule has 2 heterocycles. The van der Waals surface area contributed by atoms with Gasteiger partial charge in [0.05, 0.1) is 11.1 Å². The summed E-state index contributed by atoms with van der Waals surface area (Å²) in [5, 5.41) is 3.50. The van der Waals surface area contributed by atoms with E-state index >= 15 is 0 Å². The molecule has 1 aliphatic rings. The highest BCUT2D eigenvalue weighted by Crippen LogP contribution is 2.33. The van der Waals surface area contributed by atoms with Gasteiger partial charge in [0.1, 0.15) is 0 Å². The van der Waals surface area contributed by atoms with E-state index in [1.165, 1.54) is 0 Å². The molecule has 0 atom stereocenters. The molecule has 0 spiro atoms. The molecule has 1 saturated carbocycles. The molecule has 1 N–H and O–H groups in total. The number of amides is 1. The van der Waals surface area contributed by atoms with E-state index < -0.39 is 5.92 Å². The van der Waals surface area contributed by atoms with E-state index in [1.807, 2.05) is 0 Å². The van der Waals surface area contributed by atoms with Gasteiger partial charge in [-0.25, -0.2) is 8.78 Å². The van der Waals surface area contributed by atoms with Gasteiger partial charge in [-0.3, -0.25) is 14.8 Å². The van der Waals surface area contributed by atoms with Crippen molar-refractivity contribution >= 4 is 16.8 Å². The molecule has 0 aromatic carbocycles. The summed E-state index contributed by atoms with van der Waals surface area (Å²) >= 11 is 0. The summed E-state index contributed by atoms with van der Waals surface area (Å²) in [5.41, 5.74) is 1.17. The van der Waals surface area contributed by atoms with Crippen molar-refractivity contribution in [2.75, 3.05) is 0 Å². The van der Waals surface area contributed by atoms with E-state index in [4.69, 9.17) is 0 Å². The molecule has 0 aliphatic heterocycles. The van der Waals surface area contributed by atoms with Gasteiger partial charge in [0.25, 0.3) is 5.91 Å². The summed E-state index contributed by atoms with van der Waals surface area (Å²) in [6, 6.07) is 3.15. The topological polar surface area (TPSA) is 54.9 Å². The number of nitrogens with one attached hydrogen (secondary N) is 1. The summed E-state index contributed by atoms with van der Waals surface area (Å²) in [4.78, 5) is 20.5. The second kappa shape index (κ2) is 5.35. The van der Waals surface area contributed by atoms with Crippen LogP contribution in [0.1, 0.15) is 36.0 Å². The monoisotopic (exact) mass is 291 g/mol. The average molecular weight is 291 g/mol. The maximum absolute atomic E-state index is 13.1. The van der Waals surface area contributed by atoms with Crippen molar-refractivity contribution in [2.24, 2.45) is 0 Å². The van der Waals surface area contributed by atoms with Crippen LogP contribution in [0.4, 0.5) is 8.78 Å². The van der Waals surface area contributed by atoms with E-state index in [2.05, 4.69) is 15.3 Å². The molecule has 1 fully saturated rings. The predicted molar refractivity (Wildman–Crippen MR) is 74.2 cm³/mol. The molecule has 0 unspecified atom stereocenters. The summed E-state index contributed by atoms with van der Waals surface area (Å²) in [6.07, 6.45) is 5.03. The molecule has 1 aliphatic carbocycles. The Balaban J connectivity index is 1.76.